The van der Waals surface area contributed by atoms with E-state index in [4.69, 9.17) is 11.6 Å². The molecular weight excluding hydrogens is 232 g/mol. The maximum atomic E-state index is 5.86. The predicted octanol–water partition coefficient (Wildman–Crippen LogP) is 3.83. The molecule has 0 unspecified atom stereocenters. The van der Waals surface area contributed by atoms with Crippen LogP contribution >= 0.6 is 11.6 Å². The van der Waals surface area contributed by atoms with Crippen LogP contribution in [0.5, 0.6) is 0 Å². The van der Waals surface area contributed by atoms with E-state index >= 15 is 0 Å². The van der Waals surface area contributed by atoms with Gasteiger partial charge in [-0.1, -0.05) is 29.8 Å². The molecule has 0 heterocycles. The minimum absolute atomic E-state index is 0.726. The zero-order chi connectivity index (χ0) is 12.1. The molecule has 1 N–H and O–H groups in total. The number of nitrogens with one attached hydrogen (secondary N) is 1. The Hall–Kier alpha value is -1.80. The summed E-state index contributed by atoms with van der Waals surface area (Å²) >= 11 is 5.86. The second kappa shape index (κ2) is 5.51. The maximum absolute atomic E-state index is 5.86. The number of halogens is 1. The molecule has 0 fully saturated rings. The van der Waals surface area contributed by atoms with Crippen molar-refractivity contribution in [2.24, 2.45) is 4.99 Å². The summed E-state index contributed by atoms with van der Waals surface area (Å²) in [5, 5.41) is 4.00. The Morgan fingerprint density at radius 2 is 1.65 bits per heavy atom. The normalized spacial score (nSPS) is 11.3. The maximum Gasteiger partial charge on any atom is 0.132 e. The van der Waals surface area contributed by atoms with E-state index < -0.39 is 0 Å². The van der Waals surface area contributed by atoms with E-state index in [-0.39, 0.29) is 0 Å². The smallest absolute Gasteiger partial charge is 0.132 e. The number of rotatable bonds is 2. The number of amidine groups is 1. The Labute approximate surface area is 106 Å². The summed E-state index contributed by atoms with van der Waals surface area (Å²) < 4.78 is 0. The third-order valence-electron chi connectivity index (χ3n) is 2.38. The van der Waals surface area contributed by atoms with Crippen molar-refractivity contribution >= 4 is 23.1 Å². The van der Waals surface area contributed by atoms with Crippen molar-refractivity contribution in [2.45, 2.75) is 0 Å². The van der Waals surface area contributed by atoms with Gasteiger partial charge >= 0.3 is 0 Å². The molecule has 0 aromatic heterocycles. The standard InChI is InChI=1S/C14H13ClN2/c1-16-14(11-7-9-12(15)10-8-11)17-13-5-3-2-4-6-13/h2-10H,1H3,(H,16,17). The molecule has 0 radical (unpaired) electrons. The topological polar surface area (TPSA) is 24.4 Å². The van der Waals surface area contributed by atoms with Crippen LogP contribution in [0, 0.1) is 0 Å². The summed E-state index contributed by atoms with van der Waals surface area (Å²) in [6.07, 6.45) is 0. The third kappa shape index (κ3) is 3.08. The first kappa shape index (κ1) is 11.7. The van der Waals surface area contributed by atoms with Gasteiger partial charge in [-0.05, 0) is 36.4 Å². The van der Waals surface area contributed by atoms with Crippen LogP contribution in [0.15, 0.2) is 59.6 Å². The van der Waals surface area contributed by atoms with Crippen LogP contribution in [-0.2, 0) is 0 Å². The van der Waals surface area contributed by atoms with Crippen LogP contribution in [0.4, 0.5) is 5.69 Å². The fourth-order valence-corrected chi connectivity index (χ4v) is 1.65. The van der Waals surface area contributed by atoms with Crippen LogP contribution in [0.1, 0.15) is 5.56 Å². The van der Waals surface area contributed by atoms with Gasteiger partial charge in [0.05, 0.1) is 0 Å². The van der Waals surface area contributed by atoms with Gasteiger partial charge in [-0.2, -0.15) is 0 Å². The zero-order valence-corrected chi connectivity index (χ0v) is 10.3. The van der Waals surface area contributed by atoms with E-state index in [1.807, 2.05) is 54.6 Å². The molecule has 0 aliphatic rings. The number of anilines is 1. The second-order valence-electron chi connectivity index (χ2n) is 3.57. The Morgan fingerprint density at radius 1 is 1.00 bits per heavy atom. The molecule has 0 saturated heterocycles. The molecule has 2 aromatic rings. The van der Waals surface area contributed by atoms with E-state index in [2.05, 4.69) is 10.3 Å². The molecule has 17 heavy (non-hydrogen) atoms. The molecule has 0 amide bonds. The number of benzene rings is 2. The number of hydrogen-bond acceptors (Lipinski definition) is 1. The minimum Gasteiger partial charge on any atom is -0.340 e. The van der Waals surface area contributed by atoms with Gasteiger partial charge in [0, 0.05) is 23.3 Å². The monoisotopic (exact) mass is 244 g/mol. The summed E-state index contributed by atoms with van der Waals surface area (Å²) in [5.74, 6) is 0.827. The minimum atomic E-state index is 0.726. The molecular formula is C14H13ClN2. The fraction of sp³-hybridized carbons (Fsp3) is 0.0714. The first-order chi connectivity index (χ1) is 8.29. The molecule has 0 spiro atoms. The number of para-hydroxylation sites is 1. The molecule has 0 aliphatic carbocycles. The van der Waals surface area contributed by atoms with Crippen molar-refractivity contribution in [3.8, 4) is 0 Å². The largest absolute Gasteiger partial charge is 0.340 e. The van der Waals surface area contributed by atoms with Crippen molar-refractivity contribution in [3.63, 3.8) is 0 Å². The van der Waals surface area contributed by atoms with Gasteiger partial charge in [0.25, 0.3) is 0 Å². The summed E-state index contributed by atoms with van der Waals surface area (Å²) in [4.78, 5) is 4.25. The van der Waals surface area contributed by atoms with Crippen LogP contribution in [0.3, 0.4) is 0 Å². The lowest BCUT2D eigenvalue weighted by molar-refractivity contribution is 1.40. The molecule has 0 aliphatic heterocycles. The van der Waals surface area contributed by atoms with E-state index in [9.17, 15) is 0 Å². The molecule has 2 rings (SSSR count). The molecule has 0 bridgehead atoms. The zero-order valence-electron chi connectivity index (χ0n) is 9.52. The summed E-state index contributed by atoms with van der Waals surface area (Å²) in [6, 6.07) is 17.6. The van der Waals surface area contributed by atoms with Gasteiger partial charge in [-0.3, -0.25) is 4.99 Å². The molecule has 3 heteroatoms. The van der Waals surface area contributed by atoms with E-state index in [0.29, 0.717) is 0 Å². The van der Waals surface area contributed by atoms with Crippen molar-refractivity contribution < 1.29 is 0 Å². The summed E-state index contributed by atoms with van der Waals surface area (Å²) in [7, 11) is 1.76. The molecule has 2 nitrogen and oxygen atoms in total. The first-order valence-corrected chi connectivity index (χ1v) is 5.72. The van der Waals surface area contributed by atoms with Gasteiger partial charge in [-0.15, -0.1) is 0 Å². The van der Waals surface area contributed by atoms with Crippen molar-refractivity contribution in [2.75, 3.05) is 12.4 Å². The second-order valence-corrected chi connectivity index (χ2v) is 4.01. The lowest BCUT2D eigenvalue weighted by Crippen LogP contribution is -2.13. The highest BCUT2D eigenvalue weighted by atomic mass is 35.5. The highest BCUT2D eigenvalue weighted by Gasteiger charge is 2.02. The van der Waals surface area contributed by atoms with Crippen molar-refractivity contribution in [1.82, 2.24) is 0 Å². The van der Waals surface area contributed by atoms with Gasteiger partial charge in [0.1, 0.15) is 5.84 Å². The Kier molecular flexibility index (Phi) is 3.78. The van der Waals surface area contributed by atoms with E-state index in [1.54, 1.807) is 7.05 Å². The van der Waals surface area contributed by atoms with Gasteiger partial charge in [0.2, 0.25) is 0 Å². The number of aliphatic imine (C=N–C) groups is 1. The highest BCUT2D eigenvalue weighted by Crippen LogP contribution is 2.12. The average molecular weight is 245 g/mol. The molecule has 0 atom stereocenters. The molecule has 86 valence electrons. The SMILES string of the molecule is CN=C(Nc1ccccc1)c1ccc(Cl)cc1. The average Bonchev–Trinajstić information content (AvgIpc) is 2.38. The Bertz CT molecular complexity index is 504. The first-order valence-electron chi connectivity index (χ1n) is 5.34. The summed E-state index contributed by atoms with van der Waals surface area (Å²) in [6.45, 7) is 0. The number of nitrogens with zero attached hydrogens (tertiary/aromatic N) is 1. The molecule has 2 aromatic carbocycles. The van der Waals surface area contributed by atoms with Gasteiger partial charge in [-0.25, -0.2) is 0 Å². The predicted molar refractivity (Wildman–Crippen MR) is 74.0 cm³/mol. The lowest BCUT2D eigenvalue weighted by atomic mass is 10.2. The van der Waals surface area contributed by atoms with Crippen LogP contribution < -0.4 is 5.32 Å². The fourth-order valence-electron chi connectivity index (χ4n) is 1.52. The van der Waals surface area contributed by atoms with E-state index in [1.165, 1.54) is 0 Å². The molecule has 0 saturated carbocycles. The third-order valence-corrected chi connectivity index (χ3v) is 2.63. The van der Waals surface area contributed by atoms with Crippen LogP contribution in [0.25, 0.3) is 0 Å². The highest BCUT2D eigenvalue weighted by molar-refractivity contribution is 6.30. The van der Waals surface area contributed by atoms with Crippen molar-refractivity contribution in [3.05, 3.63) is 65.2 Å². The summed E-state index contributed by atoms with van der Waals surface area (Å²) in [5.41, 5.74) is 2.03. The Morgan fingerprint density at radius 3 is 2.24 bits per heavy atom. The quantitative estimate of drug-likeness (QED) is 0.630. The lowest BCUT2D eigenvalue weighted by Gasteiger charge is -2.09. The Balaban J connectivity index is 2.21. The van der Waals surface area contributed by atoms with Gasteiger partial charge < -0.3 is 5.32 Å². The van der Waals surface area contributed by atoms with Crippen LogP contribution in [0.2, 0.25) is 5.02 Å². The number of hydrogen-bond donors (Lipinski definition) is 1. The van der Waals surface area contributed by atoms with Crippen LogP contribution in [-0.4, -0.2) is 12.9 Å². The van der Waals surface area contributed by atoms with Crippen molar-refractivity contribution in [1.29, 1.82) is 0 Å². The van der Waals surface area contributed by atoms with Gasteiger partial charge in [0.15, 0.2) is 0 Å². The van der Waals surface area contributed by atoms with E-state index in [0.717, 1.165) is 22.1 Å².